The van der Waals surface area contributed by atoms with Crippen LogP contribution in [0.25, 0.3) is 10.9 Å². The molecule has 0 saturated heterocycles. The van der Waals surface area contributed by atoms with Crippen molar-refractivity contribution in [2.24, 2.45) is 5.10 Å². The Balaban J connectivity index is 2.10. The van der Waals surface area contributed by atoms with Crippen molar-refractivity contribution in [1.29, 1.82) is 0 Å². The molecule has 5 nitrogen and oxygen atoms in total. The monoisotopic (exact) mass is 265 g/mol. The van der Waals surface area contributed by atoms with Crippen LogP contribution in [0.2, 0.25) is 0 Å². The zero-order valence-electron chi connectivity index (χ0n) is 11.4. The van der Waals surface area contributed by atoms with Gasteiger partial charge in [-0.2, -0.15) is 5.10 Å². The zero-order chi connectivity index (χ0) is 14.1. The van der Waals surface area contributed by atoms with E-state index in [1.54, 1.807) is 23.3 Å². The van der Waals surface area contributed by atoms with Gasteiger partial charge in [-0.05, 0) is 31.5 Å². The average Bonchev–Trinajstić information content (AvgIpc) is 2.76. The summed E-state index contributed by atoms with van der Waals surface area (Å²) in [4.78, 5) is 8.48. The van der Waals surface area contributed by atoms with Crippen LogP contribution in [0.3, 0.4) is 0 Å². The normalized spacial score (nSPS) is 11.5. The molecule has 0 saturated carbocycles. The molecule has 0 aliphatic carbocycles. The molecule has 2 N–H and O–H groups in total. The van der Waals surface area contributed by atoms with Crippen molar-refractivity contribution in [2.45, 2.75) is 13.8 Å². The van der Waals surface area contributed by atoms with E-state index in [2.05, 4.69) is 22.0 Å². The van der Waals surface area contributed by atoms with Crippen LogP contribution < -0.4 is 5.73 Å². The number of hydrogen-bond acceptors (Lipinski definition) is 4. The molecule has 100 valence electrons. The van der Waals surface area contributed by atoms with Gasteiger partial charge in [-0.25, -0.2) is 9.66 Å². The highest BCUT2D eigenvalue weighted by Gasteiger charge is 2.04. The number of nitrogen functional groups attached to an aromatic ring is 1. The topological polar surface area (TPSA) is 69.1 Å². The molecular formula is C15H15N5. The third-order valence-corrected chi connectivity index (χ3v) is 3.19. The van der Waals surface area contributed by atoms with Crippen LogP contribution >= 0.6 is 0 Å². The second kappa shape index (κ2) is 4.77. The maximum absolute atomic E-state index is 5.78. The van der Waals surface area contributed by atoms with Gasteiger partial charge in [0.1, 0.15) is 0 Å². The summed E-state index contributed by atoms with van der Waals surface area (Å²) in [6.07, 6.45) is 5.39. The number of imidazole rings is 1. The lowest BCUT2D eigenvalue weighted by Gasteiger charge is -2.05. The molecule has 1 aromatic carbocycles. The minimum atomic E-state index is 0.384. The number of fused-ring (bicyclic) bond motifs is 1. The lowest BCUT2D eigenvalue weighted by Crippen LogP contribution is -1.98. The molecule has 5 heteroatoms. The zero-order valence-corrected chi connectivity index (χ0v) is 11.4. The minimum Gasteiger partial charge on any atom is -0.368 e. The van der Waals surface area contributed by atoms with E-state index in [0.717, 1.165) is 27.7 Å². The lowest BCUT2D eigenvalue weighted by molar-refractivity contribution is 0.897. The molecule has 0 bridgehead atoms. The Morgan fingerprint density at radius 1 is 1.25 bits per heavy atom. The molecule has 0 atom stereocenters. The van der Waals surface area contributed by atoms with E-state index >= 15 is 0 Å². The van der Waals surface area contributed by atoms with Gasteiger partial charge < -0.3 is 5.73 Å². The van der Waals surface area contributed by atoms with Crippen LogP contribution in [-0.4, -0.2) is 20.9 Å². The second-order valence-electron chi connectivity index (χ2n) is 4.70. The highest BCUT2D eigenvalue weighted by Crippen LogP contribution is 2.19. The number of anilines is 1. The summed E-state index contributed by atoms with van der Waals surface area (Å²) in [5.74, 6) is 0.384. The van der Waals surface area contributed by atoms with Gasteiger partial charge in [0.05, 0.1) is 23.6 Å². The molecule has 0 radical (unpaired) electrons. The molecule has 2 aromatic heterocycles. The SMILES string of the molecule is Cc1cn(N=Cc2c(C)ccc3ncccc23)c(N)n1. The number of pyridine rings is 1. The fourth-order valence-electron chi connectivity index (χ4n) is 2.17. The van der Waals surface area contributed by atoms with Gasteiger partial charge in [0.15, 0.2) is 0 Å². The van der Waals surface area contributed by atoms with Crippen molar-refractivity contribution < 1.29 is 0 Å². The quantitative estimate of drug-likeness (QED) is 0.724. The number of hydrogen-bond donors (Lipinski definition) is 1. The molecule has 0 aliphatic rings. The van der Waals surface area contributed by atoms with E-state index in [-0.39, 0.29) is 0 Å². The first kappa shape index (κ1) is 12.3. The fourth-order valence-corrected chi connectivity index (χ4v) is 2.17. The molecule has 0 amide bonds. The van der Waals surface area contributed by atoms with Crippen molar-refractivity contribution >= 4 is 23.1 Å². The highest BCUT2D eigenvalue weighted by molar-refractivity contribution is 5.99. The first-order chi connectivity index (χ1) is 9.65. The summed E-state index contributed by atoms with van der Waals surface area (Å²) in [5.41, 5.74) is 9.76. The number of nitrogens with two attached hydrogens (primary N) is 1. The van der Waals surface area contributed by atoms with Gasteiger partial charge in [0.25, 0.3) is 0 Å². The molecule has 0 spiro atoms. The van der Waals surface area contributed by atoms with Crippen LogP contribution in [0.5, 0.6) is 0 Å². The first-order valence-corrected chi connectivity index (χ1v) is 6.35. The van der Waals surface area contributed by atoms with Crippen LogP contribution in [0.1, 0.15) is 16.8 Å². The Morgan fingerprint density at radius 3 is 2.85 bits per heavy atom. The van der Waals surface area contributed by atoms with Crippen molar-refractivity contribution in [3.05, 3.63) is 53.5 Å². The van der Waals surface area contributed by atoms with E-state index in [4.69, 9.17) is 5.73 Å². The van der Waals surface area contributed by atoms with Gasteiger partial charge in [-0.3, -0.25) is 4.98 Å². The summed E-state index contributed by atoms with van der Waals surface area (Å²) in [7, 11) is 0. The van der Waals surface area contributed by atoms with Crippen molar-refractivity contribution in [2.75, 3.05) is 5.73 Å². The standard InChI is InChI=1S/C15H15N5/c1-10-5-6-14-12(4-3-7-17-14)13(10)8-18-20-9-11(2)19-15(20)16/h3-9H,1-2H3,(H2,16,19). The lowest BCUT2D eigenvalue weighted by atomic mass is 10.0. The van der Waals surface area contributed by atoms with E-state index in [1.807, 2.05) is 31.2 Å². The maximum Gasteiger partial charge on any atom is 0.221 e. The van der Waals surface area contributed by atoms with Gasteiger partial charge in [-0.15, -0.1) is 0 Å². The number of aryl methyl sites for hydroxylation is 2. The largest absolute Gasteiger partial charge is 0.368 e. The van der Waals surface area contributed by atoms with Crippen molar-refractivity contribution in [3.8, 4) is 0 Å². The summed E-state index contributed by atoms with van der Waals surface area (Å²) < 4.78 is 1.57. The van der Waals surface area contributed by atoms with E-state index in [9.17, 15) is 0 Å². The third-order valence-electron chi connectivity index (χ3n) is 3.19. The summed E-state index contributed by atoms with van der Waals surface area (Å²) >= 11 is 0. The first-order valence-electron chi connectivity index (χ1n) is 6.35. The van der Waals surface area contributed by atoms with Crippen LogP contribution in [0.4, 0.5) is 5.95 Å². The smallest absolute Gasteiger partial charge is 0.221 e. The molecular weight excluding hydrogens is 250 g/mol. The summed E-state index contributed by atoms with van der Waals surface area (Å²) in [6.45, 7) is 3.94. The summed E-state index contributed by atoms with van der Waals surface area (Å²) in [6, 6.07) is 8.02. The third kappa shape index (κ3) is 2.14. The molecule has 2 heterocycles. The molecule has 0 fully saturated rings. The van der Waals surface area contributed by atoms with Gasteiger partial charge in [0.2, 0.25) is 5.95 Å². The number of aromatic nitrogens is 3. The second-order valence-corrected chi connectivity index (χ2v) is 4.70. The molecule has 3 rings (SSSR count). The van der Waals surface area contributed by atoms with E-state index < -0.39 is 0 Å². The Hall–Kier alpha value is -2.69. The van der Waals surface area contributed by atoms with E-state index in [0.29, 0.717) is 5.95 Å². The predicted molar refractivity (Wildman–Crippen MR) is 80.8 cm³/mol. The Morgan fingerprint density at radius 2 is 2.10 bits per heavy atom. The maximum atomic E-state index is 5.78. The average molecular weight is 265 g/mol. The van der Waals surface area contributed by atoms with Crippen LogP contribution in [0.15, 0.2) is 41.8 Å². The van der Waals surface area contributed by atoms with Gasteiger partial charge >= 0.3 is 0 Å². The molecule has 20 heavy (non-hydrogen) atoms. The van der Waals surface area contributed by atoms with Crippen LogP contribution in [0, 0.1) is 13.8 Å². The predicted octanol–water partition coefficient (Wildman–Crippen LogP) is 2.51. The van der Waals surface area contributed by atoms with Crippen molar-refractivity contribution in [3.63, 3.8) is 0 Å². The van der Waals surface area contributed by atoms with Gasteiger partial charge in [-0.1, -0.05) is 12.1 Å². The number of benzene rings is 1. The number of nitrogens with zero attached hydrogens (tertiary/aromatic N) is 4. The molecule has 3 aromatic rings. The number of rotatable bonds is 2. The fraction of sp³-hybridized carbons (Fsp3) is 0.133. The Kier molecular flexibility index (Phi) is 2.95. The summed E-state index contributed by atoms with van der Waals surface area (Å²) in [5, 5.41) is 5.46. The highest BCUT2D eigenvalue weighted by atomic mass is 15.4. The van der Waals surface area contributed by atoms with E-state index in [1.165, 1.54) is 0 Å². The minimum absolute atomic E-state index is 0.384. The molecule has 0 unspecified atom stereocenters. The Labute approximate surface area is 116 Å². The van der Waals surface area contributed by atoms with Crippen molar-refractivity contribution in [1.82, 2.24) is 14.6 Å². The van der Waals surface area contributed by atoms with Crippen LogP contribution in [-0.2, 0) is 0 Å². The van der Waals surface area contributed by atoms with Gasteiger partial charge in [0, 0.05) is 17.1 Å². The molecule has 0 aliphatic heterocycles. The Bertz CT molecular complexity index is 801.